The van der Waals surface area contributed by atoms with Crippen molar-refractivity contribution in [3.63, 3.8) is 0 Å². The first kappa shape index (κ1) is 10.6. The topological polar surface area (TPSA) is 42.7 Å². The van der Waals surface area contributed by atoms with Gasteiger partial charge in [-0.25, -0.2) is 9.97 Å². The van der Waals surface area contributed by atoms with Gasteiger partial charge in [0.2, 0.25) is 0 Å². The van der Waals surface area contributed by atoms with Crippen LogP contribution >= 0.6 is 11.6 Å². The molecule has 3 rings (SSSR count). The second-order valence-corrected chi connectivity index (χ2v) is 4.63. The number of hydrogen-bond donors (Lipinski definition) is 1. The third kappa shape index (κ3) is 2.42. The first-order chi connectivity index (χ1) is 8.33. The Bertz CT molecular complexity index is 519. The fourth-order valence-electron chi connectivity index (χ4n) is 1.86. The summed E-state index contributed by atoms with van der Waals surface area (Å²) < 4.78 is 2.25. The molecule has 5 heteroatoms. The summed E-state index contributed by atoms with van der Waals surface area (Å²) in [6.45, 7) is 0.761. The summed E-state index contributed by atoms with van der Waals surface area (Å²) in [6, 6.07) is 4.39. The lowest BCUT2D eigenvalue weighted by atomic mass is 10.3. The SMILES string of the molecule is Clc1cc(NCc2cncn2C2CC2)ccn1. The molecule has 17 heavy (non-hydrogen) atoms. The molecular formula is C12H13ClN4. The summed E-state index contributed by atoms with van der Waals surface area (Å²) in [7, 11) is 0. The van der Waals surface area contributed by atoms with Crippen LogP contribution < -0.4 is 5.32 Å². The van der Waals surface area contributed by atoms with E-state index in [9.17, 15) is 0 Å². The van der Waals surface area contributed by atoms with Crippen molar-refractivity contribution in [2.45, 2.75) is 25.4 Å². The van der Waals surface area contributed by atoms with E-state index in [4.69, 9.17) is 11.6 Å². The number of pyridine rings is 1. The molecule has 2 aromatic rings. The summed E-state index contributed by atoms with van der Waals surface area (Å²) >= 11 is 5.83. The van der Waals surface area contributed by atoms with Crippen LogP contribution in [0.5, 0.6) is 0 Å². The zero-order valence-corrected chi connectivity index (χ0v) is 10.1. The Balaban J connectivity index is 1.69. The molecule has 1 N–H and O–H groups in total. The normalized spacial score (nSPS) is 14.9. The smallest absolute Gasteiger partial charge is 0.131 e. The molecule has 4 nitrogen and oxygen atoms in total. The Morgan fingerprint density at radius 3 is 3.12 bits per heavy atom. The number of rotatable bonds is 4. The van der Waals surface area contributed by atoms with Gasteiger partial charge in [-0.05, 0) is 25.0 Å². The van der Waals surface area contributed by atoms with Crippen molar-refractivity contribution in [3.8, 4) is 0 Å². The van der Waals surface area contributed by atoms with Crippen LogP contribution in [0.15, 0.2) is 30.9 Å². The number of nitrogens with zero attached hydrogens (tertiary/aromatic N) is 3. The van der Waals surface area contributed by atoms with Crippen LogP contribution in [-0.4, -0.2) is 14.5 Å². The van der Waals surface area contributed by atoms with Gasteiger partial charge in [-0.3, -0.25) is 0 Å². The van der Waals surface area contributed by atoms with E-state index >= 15 is 0 Å². The molecule has 0 atom stereocenters. The molecule has 0 amide bonds. The minimum atomic E-state index is 0.505. The molecule has 0 aliphatic heterocycles. The zero-order chi connectivity index (χ0) is 11.7. The second kappa shape index (κ2) is 4.37. The Morgan fingerprint density at radius 1 is 1.47 bits per heavy atom. The minimum absolute atomic E-state index is 0.505. The molecule has 0 spiro atoms. The predicted octanol–water partition coefficient (Wildman–Crippen LogP) is 2.88. The quantitative estimate of drug-likeness (QED) is 0.846. The second-order valence-electron chi connectivity index (χ2n) is 4.24. The van der Waals surface area contributed by atoms with Crippen LogP contribution in [0.1, 0.15) is 24.6 Å². The van der Waals surface area contributed by atoms with Crippen LogP contribution in [0.3, 0.4) is 0 Å². The molecule has 1 aliphatic carbocycles. The van der Waals surface area contributed by atoms with Crippen molar-refractivity contribution >= 4 is 17.3 Å². The van der Waals surface area contributed by atoms with Crippen LogP contribution in [0, 0.1) is 0 Å². The fraction of sp³-hybridized carbons (Fsp3) is 0.333. The van der Waals surface area contributed by atoms with Crippen molar-refractivity contribution in [1.29, 1.82) is 0 Å². The zero-order valence-electron chi connectivity index (χ0n) is 9.31. The lowest BCUT2D eigenvalue weighted by molar-refractivity contribution is 0.701. The molecular weight excluding hydrogens is 236 g/mol. The first-order valence-electron chi connectivity index (χ1n) is 5.69. The van der Waals surface area contributed by atoms with Gasteiger partial charge in [0.25, 0.3) is 0 Å². The molecule has 0 aromatic carbocycles. The average Bonchev–Trinajstić information content (AvgIpc) is 3.06. The number of imidazole rings is 1. The third-order valence-electron chi connectivity index (χ3n) is 2.89. The van der Waals surface area contributed by atoms with Crippen molar-refractivity contribution in [1.82, 2.24) is 14.5 Å². The van der Waals surface area contributed by atoms with Crippen LogP contribution in [-0.2, 0) is 6.54 Å². The summed E-state index contributed by atoms with van der Waals surface area (Å²) in [5, 5.41) is 3.83. The summed E-state index contributed by atoms with van der Waals surface area (Å²) in [5.74, 6) is 0. The van der Waals surface area contributed by atoms with E-state index in [-0.39, 0.29) is 0 Å². The molecule has 0 bridgehead atoms. The van der Waals surface area contributed by atoms with Gasteiger partial charge in [-0.2, -0.15) is 0 Å². The molecule has 1 saturated carbocycles. The molecule has 2 heterocycles. The monoisotopic (exact) mass is 248 g/mol. The number of halogens is 1. The van der Waals surface area contributed by atoms with Gasteiger partial charge < -0.3 is 9.88 Å². The van der Waals surface area contributed by atoms with Gasteiger partial charge in [-0.15, -0.1) is 0 Å². The average molecular weight is 249 g/mol. The molecule has 1 aliphatic rings. The van der Waals surface area contributed by atoms with E-state index < -0.39 is 0 Å². The number of hydrogen-bond acceptors (Lipinski definition) is 3. The summed E-state index contributed by atoms with van der Waals surface area (Å²) in [4.78, 5) is 8.15. The molecule has 0 saturated heterocycles. The van der Waals surface area contributed by atoms with Crippen molar-refractivity contribution in [3.05, 3.63) is 41.7 Å². The van der Waals surface area contributed by atoms with Gasteiger partial charge in [-0.1, -0.05) is 11.6 Å². The Hall–Kier alpha value is -1.55. The highest BCUT2D eigenvalue weighted by molar-refractivity contribution is 6.29. The van der Waals surface area contributed by atoms with Gasteiger partial charge >= 0.3 is 0 Å². The van der Waals surface area contributed by atoms with E-state index in [0.717, 1.165) is 12.2 Å². The van der Waals surface area contributed by atoms with Crippen molar-refractivity contribution in [2.24, 2.45) is 0 Å². The van der Waals surface area contributed by atoms with E-state index in [1.165, 1.54) is 18.5 Å². The summed E-state index contributed by atoms with van der Waals surface area (Å²) in [5.41, 5.74) is 2.19. The minimum Gasteiger partial charge on any atom is -0.379 e. The highest BCUT2D eigenvalue weighted by Gasteiger charge is 2.24. The number of nitrogens with one attached hydrogen (secondary N) is 1. The fourth-order valence-corrected chi connectivity index (χ4v) is 2.03. The van der Waals surface area contributed by atoms with Crippen molar-refractivity contribution in [2.75, 3.05) is 5.32 Å². The Labute approximate surface area is 105 Å². The van der Waals surface area contributed by atoms with Gasteiger partial charge in [0.05, 0.1) is 18.6 Å². The van der Waals surface area contributed by atoms with E-state index in [0.29, 0.717) is 11.2 Å². The molecule has 1 fully saturated rings. The molecule has 0 unspecified atom stereocenters. The summed E-state index contributed by atoms with van der Waals surface area (Å²) in [6.07, 6.45) is 8.06. The standard InChI is InChI=1S/C12H13ClN4/c13-12-5-9(3-4-15-12)16-7-11-6-14-8-17(11)10-1-2-10/h3-6,8,10H,1-2,7H2,(H,15,16). The van der Waals surface area contributed by atoms with E-state index in [1.807, 2.05) is 24.7 Å². The van der Waals surface area contributed by atoms with Crippen LogP contribution in [0.4, 0.5) is 5.69 Å². The maximum Gasteiger partial charge on any atom is 0.131 e. The first-order valence-corrected chi connectivity index (χ1v) is 6.07. The van der Waals surface area contributed by atoms with Crippen molar-refractivity contribution < 1.29 is 0 Å². The number of anilines is 1. The Kier molecular flexibility index (Phi) is 2.73. The maximum atomic E-state index is 5.83. The lowest BCUT2D eigenvalue weighted by Gasteiger charge is -2.09. The highest BCUT2D eigenvalue weighted by atomic mass is 35.5. The molecule has 2 aromatic heterocycles. The van der Waals surface area contributed by atoms with E-state index in [2.05, 4.69) is 19.9 Å². The highest BCUT2D eigenvalue weighted by Crippen LogP contribution is 2.35. The van der Waals surface area contributed by atoms with E-state index in [1.54, 1.807) is 6.20 Å². The van der Waals surface area contributed by atoms with Gasteiger partial charge in [0, 0.05) is 24.1 Å². The Morgan fingerprint density at radius 2 is 2.35 bits per heavy atom. The number of aromatic nitrogens is 3. The predicted molar refractivity (Wildman–Crippen MR) is 67.1 cm³/mol. The van der Waals surface area contributed by atoms with Gasteiger partial charge in [0.15, 0.2) is 0 Å². The van der Waals surface area contributed by atoms with Crippen LogP contribution in [0.25, 0.3) is 0 Å². The van der Waals surface area contributed by atoms with Crippen LogP contribution in [0.2, 0.25) is 5.15 Å². The van der Waals surface area contributed by atoms with Gasteiger partial charge in [0.1, 0.15) is 5.15 Å². The largest absolute Gasteiger partial charge is 0.379 e. The third-order valence-corrected chi connectivity index (χ3v) is 3.09. The molecule has 88 valence electrons. The molecule has 0 radical (unpaired) electrons. The lowest BCUT2D eigenvalue weighted by Crippen LogP contribution is -2.05. The maximum absolute atomic E-state index is 5.83.